The molecule has 0 fully saturated rings. The van der Waals surface area contributed by atoms with Gasteiger partial charge in [-0.1, -0.05) is 36.9 Å². The van der Waals surface area contributed by atoms with Crippen LogP contribution in [0.25, 0.3) is 39.3 Å². The predicted octanol–water partition coefficient (Wildman–Crippen LogP) is 6.37. The smallest absolute Gasteiger partial charge is 0.422 e. The molecule has 4 rings (SSSR count). The van der Waals surface area contributed by atoms with Crippen molar-refractivity contribution in [2.24, 2.45) is 0 Å². The summed E-state index contributed by atoms with van der Waals surface area (Å²) in [7, 11) is 0. The number of imidazole rings is 1. The summed E-state index contributed by atoms with van der Waals surface area (Å²) in [6.07, 6.45) is -4.38. The second kappa shape index (κ2) is 7.59. The minimum atomic E-state index is -4.38. The van der Waals surface area contributed by atoms with Gasteiger partial charge < -0.3 is 14.8 Å². The highest BCUT2D eigenvalue weighted by Gasteiger charge is 2.28. The molecule has 3 aromatic carbocycles. The van der Waals surface area contributed by atoms with E-state index in [0.717, 1.165) is 27.7 Å². The first kappa shape index (κ1) is 19.6. The van der Waals surface area contributed by atoms with Crippen LogP contribution in [0.4, 0.5) is 13.2 Å². The van der Waals surface area contributed by atoms with E-state index in [-0.39, 0.29) is 11.5 Å². The lowest BCUT2D eigenvalue weighted by Gasteiger charge is -2.09. The van der Waals surface area contributed by atoms with Crippen molar-refractivity contribution in [2.75, 3.05) is 6.61 Å². The number of alkyl halides is 3. The standard InChI is InChI=1S/C23H17F3N2O2/c1-14(29)18-4-2-3-5-19(18)16-8-11-20-21(12-16)28-22(27-20)15-6-9-17(10-7-15)30-13-23(24,25)26/h2-12,29H,1,13H2,(H,27,28). The fraction of sp³-hybridized carbons (Fsp3) is 0.0870. The second-order valence-corrected chi connectivity index (χ2v) is 6.74. The van der Waals surface area contributed by atoms with Gasteiger partial charge in [-0.2, -0.15) is 13.2 Å². The first-order valence-electron chi connectivity index (χ1n) is 9.07. The second-order valence-electron chi connectivity index (χ2n) is 6.74. The number of nitrogens with zero attached hydrogens (tertiary/aromatic N) is 1. The molecule has 1 aromatic heterocycles. The number of hydrogen-bond donors (Lipinski definition) is 2. The Morgan fingerprint density at radius 2 is 1.70 bits per heavy atom. The molecule has 0 spiro atoms. The molecule has 0 amide bonds. The SMILES string of the molecule is C=C(O)c1ccccc1-c1ccc2nc(-c3ccc(OCC(F)(F)F)cc3)[nH]c2c1. The molecule has 0 saturated carbocycles. The summed E-state index contributed by atoms with van der Waals surface area (Å²) in [6.45, 7) is 2.28. The summed E-state index contributed by atoms with van der Waals surface area (Å²) in [6, 6.07) is 19.3. The van der Waals surface area contributed by atoms with Crippen LogP contribution in [0.2, 0.25) is 0 Å². The van der Waals surface area contributed by atoms with Crippen LogP contribution in [0.3, 0.4) is 0 Å². The molecule has 0 unspecified atom stereocenters. The number of aromatic amines is 1. The van der Waals surface area contributed by atoms with Crippen molar-refractivity contribution < 1.29 is 23.0 Å². The van der Waals surface area contributed by atoms with E-state index < -0.39 is 12.8 Å². The minimum absolute atomic E-state index is 0.0103. The van der Waals surface area contributed by atoms with Gasteiger partial charge in [0.15, 0.2) is 6.61 Å². The molecule has 0 atom stereocenters. The average molecular weight is 410 g/mol. The summed E-state index contributed by atoms with van der Waals surface area (Å²) in [4.78, 5) is 7.78. The van der Waals surface area contributed by atoms with Crippen molar-refractivity contribution in [3.63, 3.8) is 0 Å². The molecule has 4 aromatic rings. The number of hydrogen-bond acceptors (Lipinski definition) is 3. The van der Waals surface area contributed by atoms with Gasteiger partial charge in [-0.05, 0) is 47.5 Å². The zero-order chi connectivity index (χ0) is 21.3. The highest BCUT2D eigenvalue weighted by molar-refractivity contribution is 5.87. The van der Waals surface area contributed by atoms with Gasteiger partial charge in [0.25, 0.3) is 0 Å². The Morgan fingerprint density at radius 3 is 2.40 bits per heavy atom. The van der Waals surface area contributed by atoms with Gasteiger partial charge in [-0.3, -0.25) is 0 Å². The Morgan fingerprint density at radius 1 is 1.00 bits per heavy atom. The molecule has 152 valence electrons. The maximum Gasteiger partial charge on any atom is 0.422 e. The highest BCUT2D eigenvalue weighted by atomic mass is 19.4. The molecular weight excluding hydrogens is 393 g/mol. The van der Waals surface area contributed by atoms with Gasteiger partial charge in [-0.25, -0.2) is 4.98 Å². The lowest BCUT2D eigenvalue weighted by Crippen LogP contribution is -2.19. The minimum Gasteiger partial charge on any atom is -0.508 e. The quantitative estimate of drug-likeness (QED) is 0.376. The van der Waals surface area contributed by atoms with Gasteiger partial charge in [0, 0.05) is 11.1 Å². The van der Waals surface area contributed by atoms with Crippen LogP contribution in [0.1, 0.15) is 5.56 Å². The van der Waals surface area contributed by atoms with Crippen LogP contribution in [0, 0.1) is 0 Å². The summed E-state index contributed by atoms with van der Waals surface area (Å²) in [5, 5.41) is 9.85. The van der Waals surface area contributed by atoms with Crippen LogP contribution in [0.15, 0.2) is 73.3 Å². The van der Waals surface area contributed by atoms with Gasteiger partial charge in [-0.15, -0.1) is 0 Å². The Bertz CT molecular complexity index is 1210. The van der Waals surface area contributed by atoms with E-state index in [0.29, 0.717) is 11.4 Å². The largest absolute Gasteiger partial charge is 0.508 e. The molecule has 0 radical (unpaired) electrons. The molecule has 0 aliphatic rings. The average Bonchev–Trinajstić information content (AvgIpc) is 3.15. The van der Waals surface area contributed by atoms with Crippen molar-refractivity contribution in [1.29, 1.82) is 0 Å². The first-order chi connectivity index (χ1) is 14.3. The zero-order valence-electron chi connectivity index (χ0n) is 15.7. The van der Waals surface area contributed by atoms with Gasteiger partial charge in [0.05, 0.1) is 11.0 Å². The molecule has 1 heterocycles. The summed E-state index contributed by atoms with van der Waals surface area (Å²) >= 11 is 0. The zero-order valence-corrected chi connectivity index (χ0v) is 15.7. The maximum absolute atomic E-state index is 12.3. The van der Waals surface area contributed by atoms with E-state index in [1.165, 1.54) is 12.1 Å². The number of aliphatic hydroxyl groups is 1. The highest BCUT2D eigenvalue weighted by Crippen LogP contribution is 2.30. The summed E-state index contributed by atoms with van der Waals surface area (Å²) in [5.74, 6) is 0.712. The van der Waals surface area contributed by atoms with Crippen LogP contribution < -0.4 is 4.74 Å². The molecule has 4 nitrogen and oxygen atoms in total. The topological polar surface area (TPSA) is 58.1 Å². The third-order valence-corrected chi connectivity index (χ3v) is 4.56. The number of halogens is 3. The molecule has 0 aliphatic carbocycles. The lowest BCUT2D eigenvalue weighted by atomic mass is 9.98. The van der Waals surface area contributed by atoms with E-state index in [1.54, 1.807) is 18.2 Å². The molecule has 2 N–H and O–H groups in total. The van der Waals surface area contributed by atoms with E-state index in [1.807, 2.05) is 36.4 Å². The number of ether oxygens (including phenoxy) is 1. The number of aliphatic hydroxyl groups excluding tert-OH is 1. The third-order valence-electron chi connectivity index (χ3n) is 4.56. The van der Waals surface area contributed by atoms with E-state index in [9.17, 15) is 18.3 Å². The Hall–Kier alpha value is -3.74. The number of rotatable bonds is 5. The van der Waals surface area contributed by atoms with Crippen molar-refractivity contribution in [3.05, 3.63) is 78.9 Å². The molecule has 30 heavy (non-hydrogen) atoms. The van der Waals surface area contributed by atoms with Crippen molar-refractivity contribution in [3.8, 4) is 28.3 Å². The number of nitrogens with one attached hydrogen (secondary N) is 1. The van der Waals surface area contributed by atoms with E-state index >= 15 is 0 Å². The Balaban J connectivity index is 1.63. The fourth-order valence-corrected chi connectivity index (χ4v) is 3.17. The predicted molar refractivity (Wildman–Crippen MR) is 110 cm³/mol. The normalized spacial score (nSPS) is 11.6. The van der Waals surface area contributed by atoms with Crippen molar-refractivity contribution in [1.82, 2.24) is 9.97 Å². The molecule has 7 heteroatoms. The molecular formula is C23H17F3N2O2. The number of aromatic nitrogens is 2. The summed E-state index contributed by atoms with van der Waals surface area (Å²) < 4.78 is 41.5. The first-order valence-corrected chi connectivity index (χ1v) is 9.07. The molecule has 0 aliphatic heterocycles. The van der Waals surface area contributed by atoms with Gasteiger partial charge in [0.2, 0.25) is 0 Å². The third kappa shape index (κ3) is 4.15. The van der Waals surface area contributed by atoms with Gasteiger partial charge >= 0.3 is 6.18 Å². The van der Waals surface area contributed by atoms with Crippen LogP contribution in [-0.2, 0) is 0 Å². The van der Waals surface area contributed by atoms with Crippen LogP contribution >= 0.6 is 0 Å². The van der Waals surface area contributed by atoms with Crippen molar-refractivity contribution >= 4 is 16.8 Å². The fourth-order valence-electron chi connectivity index (χ4n) is 3.17. The molecule has 0 bridgehead atoms. The van der Waals surface area contributed by atoms with Crippen molar-refractivity contribution in [2.45, 2.75) is 6.18 Å². The number of fused-ring (bicyclic) bond motifs is 1. The van der Waals surface area contributed by atoms with Gasteiger partial charge in [0.1, 0.15) is 17.3 Å². The molecule has 0 saturated heterocycles. The van der Waals surface area contributed by atoms with E-state index in [2.05, 4.69) is 16.5 Å². The van der Waals surface area contributed by atoms with Crippen LogP contribution in [0.5, 0.6) is 5.75 Å². The Kier molecular flexibility index (Phi) is 4.95. The maximum atomic E-state index is 12.3. The number of H-pyrrole nitrogens is 1. The summed E-state index contributed by atoms with van der Waals surface area (Å²) in [5.41, 5.74) is 4.63. The van der Waals surface area contributed by atoms with Crippen LogP contribution in [-0.4, -0.2) is 27.9 Å². The monoisotopic (exact) mass is 410 g/mol. The number of benzene rings is 3. The lowest BCUT2D eigenvalue weighted by molar-refractivity contribution is -0.153. The Labute approximate surface area is 170 Å². The van der Waals surface area contributed by atoms with E-state index in [4.69, 9.17) is 4.74 Å².